The molecule has 1 aromatic heterocycles. The van der Waals surface area contributed by atoms with Crippen LogP contribution in [0.3, 0.4) is 0 Å². The fourth-order valence-electron chi connectivity index (χ4n) is 1.97. The van der Waals surface area contributed by atoms with Crippen LogP contribution in [0.15, 0.2) is 10.7 Å². The lowest BCUT2D eigenvalue weighted by Crippen LogP contribution is -2.54. The van der Waals surface area contributed by atoms with Crippen molar-refractivity contribution in [1.82, 2.24) is 9.78 Å². The van der Waals surface area contributed by atoms with Gasteiger partial charge in [0, 0.05) is 6.04 Å². The number of nitrogens with zero attached hydrogens (tertiary/aromatic N) is 2. The minimum absolute atomic E-state index is 0.0109. The maximum absolute atomic E-state index is 12.3. The van der Waals surface area contributed by atoms with Gasteiger partial charge in [-0.3, -0.25) is 9.48 Å². The van der Waals surface area contributed by atoms with Crippen LogP contribution in [-0.4, -0.2) is 21.1 Å². The summed E-state index contributed by atoms with van der Waals surface area (Å²) < 4.78 is 2.47. The number of hydrogen-bond acceptors (Lipinski definition) is 3. The fourth-order valence-corrected chi connectivity index (χ4v) is 2.42. The van der Waals surface area contributed by atoms with Crippen molar-refractivity contribution in [2.45, 2.75) is 44.7 Å². The summed E-state index contributed by atoms with van der Waals surface area (Å²) >= 11 is 3.37. The fraction of sp³-hybridized carbons (Fsp3) is 0.636. The number of carbonyl (C=O) groups excluding carboxylic acids is 1. The van der Waals surface area contributed by atoms with E-state index in [-0.39, 0.29) is 11.8 Å². The van der Waals surface area contributed by atoms with Gasteiger partial charge >= 0.3 is 0 Å². The standard InChI is InChI=1S/C11H16BrN3O/c1-7(2)15-9(8(12)6-14-15)10(16)11(13)4-3-5-11/h6-7H,3-5,13H2,1-2H3. The minimum Gasteiger partial charge on any atom is -0.319 e. The Morgan fingerprint density at radius 3 is 2.69 bits per heavy atom. The van der Waals surface area contributed by atoms with Crippen molar-refractivity contribution in [2.24, 2.45) is 5.73 Å². The van der Waals surface area contributed by atoms with E-state index in [9.17, 15) is 4.79 Å². The Morgan fingerprint density at radius 2 is 2.25 bits per heavy atom. The number of hydrogen-bond donors (Lipinski definition) is 1. The highest BCUT2D eigenvalue weighted by molar-refractivity contribution is 9.10. The first kappa shape index (κ1) is 11.8. The van der Waals surface area contributed by atoms with Gasteiger partial charge in [0.05, 0.1) is 16.2 Å². The summed E-state index contributed by atoms with van der Waals surface area (Å²) in [7, 11) is 0. The monoisotopic (exact) mass is 285 g/mol. The molecule has 0 aliphatic heterocycles. The molecule has 2 N–H and O–H groups in total. The van der Waals surface area contributed by atoms with E-state index < -0.39 is 5.54 Å². The molecule has 0 spiro atoms. The third kappa shape index (κ3) is 1.72. The van der Waals surface area contributed by atoms with Gasteiger partial charge in [0.1, 0.15) is 5.69 Å². The smallest absolute Gasteiger partial charge is 0.201 e. The summed E-state index contributed by atoms with van der Waals surface area (Å²) in [6.07, 6.45) is 4.26. The van der Waals surface area contributed by atoms with Crippen LogP contribution < -0.4 is 5.73 Å². The molecule has 1 aliphatic rings. The minimum atomic E-state index is -0.658. The lowest BCUT2D eigenvalue weighted by atomic mass is 9.73. The van der Waals surface area contributed by atoms with Crippen molar-refractivity contribution in [3.05, 3.63) is 16.4 Å². The number of Topliss-reactive ketones (excluding diaryl/α,β-unsaturated/α-hetero) is 1. The van der Waals surface area contributed by atoms with Crippen molar-refractivity contribution in [3.63, 3.8) is 0 Å². The summed E-state index contributed by atoms with van der Waals surface area (Å²) in [6.45, 7) is 4.00. The molecule has 1 heterocycles. The van der Waals surface area contributed by atoms with Crippen LogP contribution in [-0.2, 0) is 0 Å². The average Bonchev–Trinajstić information content (AvgIpc) is 2.55. The first-order valence-corrected chi connectivity index (χ1v) is 6.32. The molecule has 2 rings (SSSR count). The molecule has 1 aromatic rings. The number of aromatic nitrogens is 2. The molecular formula is C11H16BrN3O. The molecule has 1 aliphatic carbocycles. The second kappa shape index (κ2) is 3.96. The van der Waals surface area contributed by atoms with E-state index in [1.807, 2.05) is 13.8 Å². The molecule has 1 saturated carbocycles. The van der Waals surface area contributed by atoms with Crippen LogP contribution in [0.2, 0.25) is 0 Å². The van der Waals surface area contributed by atoms with Crippen LogP contribution >= 0.6 is 15.9 Å². The quantitative estimate of drug-likeness (QED) is 0.867. The number of rotatable bonds is 3. The lowest BCUT2D eigenvalue weighted by Gasteiger charge is -2.36. The van der Waals surface area contributed by atoms with Gasteiger partial charge < -0.3 is 5.73 Å². The zero-order chi connectivity index (χ0) is 11.9. The number of nitrogens with two attached hydrogens (primary N) is 1. The van der Waals surface area contributed by atoms with Gasteiger partial charge in [-0.15, -0.1) is 0 Å². The molecule has 1 fully saturated rings. The number of carbonyl (C=O) groups is 1. The SMILES string of the molecule is CC(C)n1ncc(Br)c1C(=O)C1(N)CCC1. The zero-order valence-corrected chi connectivity index (χ0v) is 11.1. The van der Waals surface area contributed by atoms with E-state index in [0.717, 1.165) is 23.7 Å². The maximum Gasteiger partial charge on any atom is 0.201 e. The highest BCUT2D eigenvalue weighted by Crippen LogP contribution is 2.34. The Morgan fingerprint density at radius 1 is 1.62 bits per heavy atom. The van der Waals surface area contributed by atoms with Crippen LogP contribution in [0, 0.1) is 0 Å². The maximum atomic E-state index is 12.3. The molecule has 4 nitrogen and oxygen atoms in total. The molecule has 88 valence electrons. The van der Waals surface area contributed by atoms with E-state index in [2.05, 4.69) is 21.0 Å². The first-order valence-electron chi connectivity index (χ1n) is 5.52. The van der Waals surface area contributed by atoms with Gasteiger partial charge in [-0.1, -0.05) is 0 Å². The van der Waals surface area contributed by atoms with Gasteiger partial charge in [-0.25, -0.2) is 0 Å². The van der Waals surface area contributed by atoms with Crippen molar-refractivity contribution >= 4 is 21.7 Å². The third-order valence-electron chi connectivity index (χ3n) is 3.15. The van der Waals surface area contributed by atoms with E-state index in [1.54, 1.807) is 10.9 Å². The third-order valence-corrected chi connectivity index (χ3v) is 3.73. The second-order valence-corrected chi connectivity index (χ2v) is 5.57. The molecule has 0 atom stereocenters. The Bertz CT molecular complexity index is 421. The molecule has 0 unspecified atom stereocenters. The zero-order valence-electron chi connectivity index (χ0n) is 9.53. The molecule has 0 amide bonds. The van der Waals surface area contributed by atoms with E-state index in [0.29, 0.717) is 5.69 Å². The summed E-state index contributed by atoms with van der Waals surface area (Å²) in [5.41, 5.74) is 6.01. The van der Waals surface area contributed by atoms with Gasteiger partial charge in [-0.05, 0) is 49.0 Å². The van der Waals surface area contributed by atoms with Gasteiger partial charge in [-0.2, -0.15) is 5.10 Å². The highest BCUT2D eigenvalue weighted by Gasteiger charge is 2.42. The molecule has 16 heavy (non-hydrogen) atoms. The number of ketones is 1. The predicted molar refractivity (Wildman–Crippen MR) is 65.4 cm³/mol. The Balaban J connectivity index is 2.39. The van der Waals surface area contributed by atoms with E-state index >= 15 is 0 Å². The van der Waals surface area contributed by atoms with E-state index in [4.69, 9.17) is 5.73 Å². The number of halogens is 1. The summed E-state index contributed by atoms with van der Waals surface area (Å²) in [4.78, 5) is 12.3. The largest absolute Gasteiger partial charge is 0.319 e. The van der Waals surface area contributed by atoms with Crippen LogP contribution in [0.4, 0.5) is 0 Å². The Kier molecular flexibility index (Phi) is 2.92. The molecule has 0 bridgehead atoms. The molecule has 0 aromatic carbocycles. The Labute approximate surface area is 103 Å². The molecule has 0 radical (unpaired) electrons. The van der Waals surface area contributed by atoms with Gasteiger partial charge in [0.2, 0.25) is 5.78 Å². The summed E-state index contributed by atoms with van der Waals surface area (Å²) in [5, 5.41) is 4.20. The van der Waals surface area contributed by atoms with Gasteiger partial charge in [0.25, 0.3) is 0 Å². The van der Waals surface area contributed by atoms with Crippen molar-refractivity contribution in [3.8, 4) is 0 Å². The average molecular weight is 286 g/mol. The molecular weight excluding hydrogens is 270 g/mol. The normalized spacial score (nSPS) is 18.6. The van der Waals surface area contributed by atoms with Crippen LogP contribution in [0.5, 0.6) is 0 Å². The summed E-state index contributed by atoms with van der Waals surface area (Å²) in [5.74, 6) is 0.0109. The van der Waals surface area contributed by atoms with Crippen LogP contribution in [0.25, 0.3) is 0 Å². The van der Waals surface area contributed by atoms with Crippen LogP contribution in [0.1, 0.15) is 49.6 Å². The highest BCUT2D eigenvalue weighted by atomic mass is 79.9. The molecule has 0 saturated heterocycles. The topological polar surface area (TPSA) is 60.9 Å². The lowest BCUT2D eigenvalue weighted by molar-refractivity contribution is 0.0786. The molecule has 5 heteroatoms. The Hall–Kier alpha value is -0.680. The van der Waals surface area contributed by atoms with Gasteiger partial charge in [0.15, 0.2) is 0 Å². The van der Waals surface area contributed by atoms with Crippen molar-refractivity contribution in [1.29, 1.82) is 0 Å². The van der Waals surface area contributed by atoms with Crippen molar-refractivity contribution < 1.29 is 4.79 Å². The van der Waals surface area contributed by atoms with Crippen molar-refractivity contribution in [2.75, 3.05) is 0 Å². The summed E-state index contributed by atoms with van der Waals surface area (Å²) in [6, 6.07) is 0.161. The first-order chi connectivity index (χ1) is 7.46. The van der Waals surface area contributed by atoms with E-state index in [1.165, 1.54) is 0 Å². The second-order valence-electron chi connectivity index (χ2n) is 4.72. The predicted octanol–water partition coefficient (Wildman–Crippen LogP) is 2.29.